The normalized spacial score (nSPS) is 14.4. The molecule has 0 aliphatic carbocycles. The molecule has 2 nitrogen and oxygen atoms in total. The fourth-order valence-corrected chi connectivity index (χ4v) is 2.36. The predicted octanol–water partition coefficient (Wildman–Crippen LogP) is 3.79. The minimum Gasteiger partial charge on any atom is -0.396 e. The van der Waals surface area contributed by atoms with Gasteiger partial charge in [-0.2, -0.15) is 0 Å². The Morgan fingerprint density at radius 3 is 2.61 bits per heavy atom. The number of aliphatic hydroxyl groups excluding tert-OH is 1. The molecule has 2 unspecified atom stereocenters. The van der Waals surface area contributed by atoms with Gasteiger partial charge in [-0.05, 0) is 43.0 Å². The maximum absolute atomic E-state index is 9.00. The minimum atomic E-state index is 0.272. The average molecular weight is 270 g/mol. The third-order valence-corrected chi connectivity index (χ3v) is 3.66. The van der Waals surface area contributed by atoms with E-state index in [2.05, 4.69) is 25.2 Å². The molecule has 0 aliphatic heterocycles. The quantitative estimate of drug-likeness (QED) is 0.753. The first-order valence-electron chi connectivity index (χ1n) is 6.80. The highest BCUT2D eigenvalue weighted by Crippen LogP contribution is 2.21. The molecule has 0 spiro atoms. The van der Waals surface area contributed by atoms with Gasteiger partial charge in [0.25, 0.3) is 0 Å². The summed E-state index contributed by atoms with van der Waals surface area (Å²) in [5.74, 6) is 0.545. The van der Waals surface area contributed by atoms with Crippen LogP contribution >= 0.6 is 11.6 Å². The molecule has 0 saturated carbocycles. The zero-order chi connectivity index (χ0) is 13.4. The second kappa shape index (κ2) is 8.52. The monoisotopic (exact) mass is 269 g/mol. The Kier molecular flexibility index (Phi) is 7.33. The van der Waals surface area contributed by atoms with Gasteiger partial charge >= 0.3 is 0 Å². The van der Waals surface area contributed by atoms with E-state index in [1.54, 1.807) is 0 Å². The summed E-state index contributed by atoms with van der Waals surface area (Å²) >= 11 is 6.02. The molecular formula is C15H24ClNO. The second-order valence-electron chi connectivity index (χ2n) is 4.71. The Balaban J connectivity index is 2.56. The van der Waals surface area contributed by atoms with Crippen molar-refractivity contribution in [3.8, 4) is 0 Å². The highest BCUT2D eigenvalue weighted by molar-refractivity contribution is 6.30. The summed E-state index contributed by atoms with van der Waals surface area (Å²) in [6, 6.07) is 8.37. The molecule has 2 atom stereocenters. The Labute approximate surface area is 115 Å². The largest absolute Gasteiger partial charge is 0.396 e. The average Bonchev–Trinajstić information content (AvgIpc) is 2.38. The number of hydrogen-bond donors (Lipinski definition) is 2. The van der Waals surface area contributed by atoms with Gasteiger partial charge in [-0.25, -0.2) is 0 Å². The van der Waals surface area contributed by atoms with Crippen LogP contribution in [-0.4, -0.2) is 18.3 Å². The maximum atomic E-state index is 9.00. The van der Waals surface area contributed by atoms with Crippen LogP contribution in [0.3, 0.4) is 0 Å². The van der Waals surface area contributed by atoms with Gasteiger partial charge in [0.05, 0.1) is 0 Å². The molecule has 0 amide bonds. The number of rotatable bonds is 8. The van der Waals surface area contributed by atoms with Crippen molar-refractivity contribution in [3.05, 3.63) is 34.9 Å². The van der Waals surface area contributed by atoms with E-state index in [-0.39, 0.29) is 6.61 Å². The van der Waals surface area contributed by atoms with Crippen LogP contribution in [0.15, 0.2) is 24.3 Å². The van der Waals surface area contributed by atoms with Crippen molar-refractivity contribution in [1.82, 2.24) is 5.32 Å². The molecule has 0 radical (unpaired) electrons. The van der Waals surface area contributed by atoms with E-state index in [0.717, 1.165) is 30.8 Å². The lowest BCUT2D eigenvalue weighted by Crippen LogP contribution is -2.27. The van der Waals surface area contributed by atoms with Crippen LogP contribution in [0.4, 0.5) is 0 Å². The van der Waals surface area contributed by atoms with Crippen LogP contribution in [0.5, 0.6) is 0 Å². The van der Waals surface area contributed by atoms with Crippen LogP contribution in [0.25, 0.3) is 0 Å². The van der Waals surface area contributed by atoms with Crippen molar-refractivity contribution in [1.29, 1.82) is 0 Å². The molecule has 1 rings (SSSR count). The Morgan fingerprint density at radius 1 is 1.28 bits per heavy atom. The number of nitrogens with one attached hydrogen (secondary N) is 1. The molecule has 0 heterocycles. The van der Waals surface area contributed by atoms with Gasteiger partial charge < -0.3 is 10.4 Å². The smallest absolute Gasteiger partial charge is 0.0434 e. The summed E-state index contributed by atoms with van der Waals surface area (Å²) in [4.78, 5) is 0. The van der Waals surface area contributed by atoms with E-state index >= 15 is 0 Å². The molecule has 2 N–H and O–H groups in total. The predicted molar refractivity (Wildman–Crippen MR) is 78.0 cm³/mol. The van der Waals surface area contributed by atoms with Crippen molar-refractivity contribution in [2.75, 3.05) is 13.2 Å². The molecule has 0 bridgehead atoms. The number of hydrogen-bond acceptors (Lipinski definition) is 2. The lowest BCUT2D eigenvalue weighted by atomic mass is 10.00. The van der Waals surface area contributed by atoms with Gasteiger partial charge in [0.1, 0.15) is 0 Å². The molecule has 3 heteroatoms. The van der Waals surface area contributed by atoms with Crippen LogP contribution < -0.4 is 5.32 Å². The Morgan fingerprint density at radius 2 is 2.06 bits per heavy atom. The molecule has 1 aromatic carbocycles. The summed E-state index contributed by atoms with van der Waals surface area (Å²) in [5, 5.41) is 13.4. The van der Waals surface area contributed by atoms with E-state index < -0.39 is 0 Å². The lowest BCUT2D eigenvalue weighted by molar-refractivity contribution is 0.248. The van der Waals surface area contributed by atoms with Crippen molar-refractivity contribution < 1.29 is 5.11 Å². The van der Waals surface area contributed by atoms with Crippen LogP contribution in [0, 0.1) is 5.92 Å². The van der Waals surface area contributed by atoms with Gasteiger partial charge in [-0.1, -0.05) is 44.0 Å². The van der Waals surface area contributed by atoms with Crippen molar-refractivity contribution in [2.24, 2.45) is 5.92 Å². The van der Waals surface area contributed by atoms with E-state index in [0.29, 0.717) is 12.0 Å². The SMILES string of the molecule is CCC(CCO)CNC(CC)c1cccc(Cl)c1. The van der Waals surface area contributed by atoms with Crippen molar-refractivity contribution in [3.63, 3.8) is 0 Å². The fourth-order valence-electron chi connectivity index (χ4n) is 2.16. The molecule has 18 heavy (non-hydrogen) atoms. The highest BCUT2D eigenvalue weighted by atomic mass is 35.5. The standard InChI is InChI=1S/C15H24ClNO/c1-3-12(8-9-18)11-17-15(4-2)13-6-5-7-14(16)10-13/h5-7,10,12,15,17-18H,3-4,8-9,11H2,1-2H3. The van der Waals surface area contributed by atoms with E-state index in [4.69, 9.17) is 16.7 Å². The first-order chi connectivity index (χ1) is 8.71. The van der Waals surface area contributed by atoms with Crippen LogP contribution in [-0.2, 0) is 0 Å². The van der Waals surface area contributed by atoms with E-state index in [9.17, 15) is 0 Å². The molecule has 0 saturated heterocycles. The van der Waals surface area contributed by atoms with E-state index in [1.165, 1.54) is 5.56 Å². The first-order valence-corrected chi connectivity index (χ1v) is 7.18. The molecular weight excluding hydrogens is 246 g/mol. The Bertz CT molecular complexity index is 343. The van der Waals surface area contributed by atoms with E-state index in [1.807, 2.05) is 18.2 Å². The summed E-state index contributed by atoms with van der Waals surface area (Å²) in [6.45, 7) is 5.56. The summed E-state index contributed by atoms with van der Waals surface area (Å²) < 4.78 is 0. The van der Waals surface area contributed by atoms with Crippen molar-refractivity contribution in [2.45, 2.75) is 39.2 Å². The molecule has 0 fully saturated rings. The topological polar surface area (TPSA) is 32.3 Å². The third kappa shape index (κ3) is 4.97. The van der Waals surface area contributed by atoms with Crippen LogP contribution in [0.1, 0.15) is 44.7 Å². The number of halogens is 1. The third-order valence-electron chi connectivity index (χ3n) is 3.43. The van der Waals surface area contributed by atoms with Gasteiger partial charge in [-0.15, -0.1) is 0 Å². The molecule has 1 aromatic rings. The van der Waals surface area contributed by atoms with Gasteiger partial charge in [0, 0.05) is 17.7 Å². The fraction of sp³-hybridized carbons (Fsp3) is 0.600. The highest BCUT2D eigenvalue weighted by Gasteiger charge is 2.12. The van der Waals surface area contributed by atoms with Gasteiger partial charge in [-0.3, -0.25) is 0 Å². The first kappa shape index (κ1) is 15.5. The number of benzene rings is 1. The zero-order valence-electron chi connectivity index (χ0n) is 11.3. The molecule has 0 aromatic heterocycles. The Hall–Kier alpha value is -0.570. The van der Waals surface area contributed by atoms with Crippen LogP contribution in [0.2, 0.25) is 5.02 Å². The second-order valence-corrected chi connectivity index (χ2v) is 5.15. The molecule has 0 aliphatic rings. The minimum absolute atomic E-state index is 0.272. The summed E-state index contributed by atoms with van der Waals surface area (Å²) in [7, 11) is 0. The van der Waals surface area contributed by atoms with Gasteiger partial charge in [0.15, 0.2) is 0 Å². The summed E-state index contributed by atoms with van der Waals surface area (Å²) in [6.07, 6.45) is 3.00. The zero-order valence-corrected chi connectivity index (χ0v) is 12.1. The molecule has 102 valence electrons. The lowest BCUT2D eigenvalue weighted by Gasteiger charge is -2.21. The van der Waals surface area contributed by atoms with Crippen molar-refractivity contribution >= 4 is 11.6 Å². The van der Waals surface area contributed by atoms with Gasteiger partial charge in [0.2, 0.25) is 0 Å². The summed E-state index contributed by atoms with van der Waals surface area (Å²) in [5.41, 5.74) is 1.24. The number of aliphatic hydroxyl groups is 1. The maximum Gasteiger partial charge on any atom is 0.0434 e.